The lowest BCUT2D eigenvalue weighted by molar-refractivity contribution is -0.163. The lowest BCUT2D eigenvalue weighted by Crippen LogP contribution is -2.56. The van der Waals surface area contributed by atoms with Crippen molar-refractivity contribution in [3.05, 3.63) is 71.3 Å². The molecule has 13 heteroatoms. The van der Waals surface area contributed by atoms with Crippen LogP contribution in [-0.4, -0.2) is 79.2 Å². The fourth-order valence-corrected chi connectivity index (χ4v) is 4.73. The van der Waals surface area contributed by atoms with Crippen LogP contribution in [0.25, 0.3) is 0 Å². The van der Waals surface area contributed by atoms with E-state index in [2.05, 4.69) is 10.6 Å². The maximum absolute atomic E-state index is 13.9. The van der Waals surface area contributed by atoms with E-state index in [4.69, 9.17) is 14.2 Å². The van der Waals surface area contributed by atoms with E-state index in [1.165, 1.54) is 18.7 Å². The molecule has 43 heavy (non-hydrogen) atoms. The molecule has 4 atom stereocenters. The number of hydrogen-bond donors (Lipinski definition) is 2. The quantitative estimate of drug-likeness (QED) is 0.279. The first-order valence-electron chi connectivity index (χ1n) is 13.8. The van der Waals surface area contributed by atoms with Gasteiger partial charge in [-0.2, -0.15) is 0 Å². The predicted octanol–water partition coefficient (Wildman–Crippen LogP) is 2.45. The summed E-state index contributed by atoms with van der Waals surface area (Å²) in [6, 6.07) is 8.04. The lowest BCUT2D eigenvalue weighted by Gasteiger charge is -2.28. The molecule has 2 aromatic rings. The Balaban J connectivity index is 1.73. The Hall–Kier alpha value is -4.55. The van der Waals surface area contributed by atoms with Crippen LogP contribution in [0, 0.1) is 11.6 Å². The number of benzene rings is 2. The number of alkyl carbamates (subject to hydrolysis) is 1. The van der Waals surface area contributed by atoms with Gasteiger partial charge < -0.3 is 29.7 Å². The molecule has 0 aromatic heterocycles. The Morgan fingerprint density at radius 1 is 1.00 bits per heavy atom. The largest absolute Gasteiger partial charge is 0.467 e. The number of esters is 2. The average molecular weight is 604 g/mol. The molecule has 1 heterocycles. The van der Waals surface area contributed by atoms with Crippen LogP contribution in [0.1, 0.15) is 37.8 Å². The van der Waals surface area contributed by atoms with Crippen LogP contribution < -0.4 is 10.6 Å². The van der Waals surface area contributed by atoms with Crippen molar-refractivity contribution < 1.29 is 47.0 Å². The van der Waals surface area contributed by atoms with Crippen LogP contribution in [0.5, 0.6) is 0 Å². The first-order chi connectivity index (χ1) is 20.5. The summed E-state index contributed by atoms with van der Waals surface area (Å²) in [5.41, 5.74) is 0.954. The maximum atomic E-state index is 13.9. The van der Waals surface area contributed by atoms with E-state index in [-0.39, 0.29) is 24.5 Å². The van der Waals surface area contributed by atoms with Gasteiger partial charge >= 0.3 is 18.0 Å². The molecular weight excluding hydrogens is 568 g/mol. The number of carbonyl (C=O) groups excluding carboxylic acids is 5. The molecule has 0 bridgehead atoms. The highest BCUT2D eigenvalue weighted by molar-refractivity contribution is 5.90. The molecule has 0 aliphatic carbocycles. The molecule has 0 saturated carbocycles. The van der Waals surface area contributed by atoms with E-state index < -0.39 is 59.8 Å². The molecule has 2 N–H and O–H groups in total. The van der Waals surface area contributed by atoms with Gasteiger partial charge in [-0.1, -0.05) is 30.3 Å². The smallest absolute Gasteiger partial charge is 0.407 e. The normalized spacial score (nSPS) is 16.4. The Bertz CT molecular complexity index is 1290. The van der Waals surface area contributed by atoms with Gasteiger partial charge in [0.1, 0.15) is 29.8 Å². The van der Waals surface area contributed by atoms with Crippen molar-refractivity contribution in [2.24, 2.45) is 0 Å². The van der Waals surface area contributed by atoms with Crippen molar-refractivity contribution in [2.45, 2.75) is 63.8 Å². The Morgan fingerprint density at radius 2 is 1.67 bits per heavy atom. The first-order valence-corrected chi connectivity index (χ1v) is 13.8. The molecule has 0 spiro atoms. The number of hydrogen-bond acceptors (Lipinski definition) is 8. The zero-order valence-electron chi connectivity index (χ0n) is 24.1. The monoisotopic (exact) mass is 603 g/mol. The molecule has 2 unspecified atom stereocenters. The summed E-state index contributed by atoms with van der Waals surface area (Å²) in [5.74, 6) is -4.73. The molecule has 1 fully saturated rings. The van der Waals surface area contributed by atoms with Gasteiger partial charge in [0, 0.05) is 32.4 Å². The number of amides is 3. The summed E-state index contributed by atoms with van der Waals surface area (Å²) in [6.45, 7) is 3.05. The average Bonchev–Trinajstić information content (AvgIpc) is 3.46. The van der Waals surface area contributed by atoms with Crippen molar-refractivity contribution in [3.63, 3.8) is 0 Å². The van der Waals surface area contributed by atoms with Crippen molar-refractivity contribution in [3.8, 4) is 0 Å². The first kappa shape index (κ1) is 33.0. The van der Waals surface area contributed by atoms with Crippen LogP contribution >= 0.6 is 0 Å². The molecule has 1 aliphatic rings. The third-order valence-electron chi connectivity index (χ3n) is 6.89. The number of methoxy groups -OCH3 is 1. The van der Waals surface area contributed by atoms with E-state index >= 15 is 0 Å². The second-order valence-electron chi connectivity index (χ2n) is 10.1. The topological polar surface area (TPSA) is 140 Å². The minimum atomic E-state index is -1.52. The highest BCUT2D eigenvalue weighted by Gasteiger charge is 2.38. The van der Waals surface area contributed by atoms with E-state index in [1.807, 2.05) is 30.3 Å². The number of carbonyl (C=O) groups is 5. The highest BCUT2D eigenvalue weighted by atomic mass is 19.1. The highest BCUT2D eigenvalue weighted by Crippen LogP contribution is 2.20. The molecule has 3 amide bonds. The summed E-state index contributed by atoms with van der Waals surface area (Å²) >= 11 is 0. The lowest BCUT2D eigenvalue weighted by atomic mass is 10.0. The molecule has 2 aromatic carbocycles. The molecular formula is C30H35F2N3O8. The number of rotatable bonds is 12. The number of halogens is 2. The molecule has 1 aliphatic heterocycles. The molecule has 1 saturated heterocycles. The minimum absolute atomic E-state index is 0.0189. The molecule has 232 valence electrons. The fourth-order valence-electron chi connectivity index (χ4n) is 4.73. The van der Waals surface area contributed by atoms with Crippen molar-refractivity contribution in [2.75, 3.05) is 20.3 Å². The summed E-state index contributed by atoms with van der Waals surface area (Å²) < 4.78 is 43.2. The Labute approximate surface area is 247 Å². The second-order valence-corrected chi connectivity index (χ2v) is 10.1. The second kappa shape index (κ2) is 15.6. The summed E-state index contributed by atoms with van der Waals surface area (Å²) in [7, 11) is 1.07. The van der Waals surface area contributed by atoms with Gasteiger partial charge in [-0.25, -0.2) is 23.2 Å². The predicted molar refractivity (Wildman–Crippen MR) is 148 cm³/mol. The van der Waals surface area contributed by atoms with E-state index in [9.17, 15) is 32.8 Å². The van der Waals surface area contributed by atoms with E-state index in [0.29, 0.717) is 31.9 Å². The van der Waals surface area contributed by atoms with Gasteiger partial charge in [-0.15, -0.1) is 0 Å². The number of likely N-dealkylation sites (tertiary alicyclic amines) is 1. The van der Waals surface area contributed by atoms with Gasteiger partial charge in [0.2, 0.25) is 11.8 Å². The third-order valence-corrected chi connectivity index (χ3v) is 6.89. The van der Waals surface area contributed by atoms with Crippen LogP contribution in [0.3, 0.4) is 0 Å². The zero-order chi connectivity index (χ0) is 31.5. The van der Waals surface area contributed by atoms with E-state index in [1.54, 1.807) is 0 Å². The number of ether oxygens (including phenoxy) is 3. The Kier molecular flexibility index (Phi) is 12.0. The van der Waals surface area contributed by atoms with Crippen molar-refractivity contribution in [1.82, 2.24) is 15.5 Å². The molecule has 0 radical (unpaired) electrons. The molecule has 11 nitrogen and oxygen atoms in total. The van der Waals surface area contributed by atoms with Crippen molar-refractivity contribution in [1.29, 1.82) is 0 Å². The van der Waals surface area contributed by atoms with E-state index in [0.717, 1.165) is 24.8 Å². The van der Waals surface area contributed by atoms with Crippen LogP contribution in [0.2, 0.25) is 0 Å². The minimum Gasteiger partial charge on any atom is -0.467 e. The van der Waals surface area contributed by atoms with Gasteiger partial charge in [0.15, 0.2) is 6.04 Å². The van der Waals surface area contributed by atoms with Gasteiger partial charge in [-0.3, -0.25) is 9.59 Å². The molecule has 3 rings (SSSR count). The zero-order valence-corrected chi connectivity index (χ0v) is 24.1. The third kappa shape index (κ3) is 9.76. The fraction of sp³-hybridized carbons (Fsp3) is 0.433. The van der Waals surface area contributed by atoms with Gasteiger partial charge in [0.05, 0.1) is 13.7 Å². The van der Waals surface area contributed by atoms with Crippen molar-refractivity contribution >= 4 is 29.8 Å². The van der Waals surface area contributed by atoms with Crippen LogP contribution in [0.4, 0.5) is 13.6 Å². The Morgan fingerprint density at radius 3 is 2.30 bits per heavy atom. The summed E-state index contributed by atoms with van der Waals surface area (Å²) in [5, 5.41) is 4.78. The summed E-state index contributed by atoms with van der Waals surface area (Å²) in [6.07, 6.45) is -1.22. The standard InChI is InChI=1S/C30H35F2N3O8/c1-18(43-28(38)25-10-7-12-35(25)19(2)36)26(29(39)41-3)34-27(37)24(16-21-14-22(31)17-23(32)15-21)33-30(40)42-13-11-20-8-5-4-6-9-20/h4-6,8-9,14-15,17-18,24-26H,7,10-13,16H2,1-3H3,(H,33,40)(H,34,37)/t18-,24-,25?,26?/m0/s1. The van der Waals surface area contributed by atoms with Gasteiger partial charge in [-0.05, 0) is 43.0 Å². The number of nitrogens with zero attached hydrogens (tertiary/aromatic N) is 1. The maximum Gasteiger partial charge on any atom is 0.407 e. The van der Waals surface area contributed by atoms with Crippen LogP contribution in [-0.2, 0) is 46.2 Å². The van der Waals surface area contributed by atoms with Crippen LogP contribution in [0.15, 0.2) is 48.5 Å². The summed E-state index contributed by atoms with van der Waals surface area (Å²) in [4.78, 5) is 64.7. The number of nitrogens with one attached hydrogen (secondary N) is 2. The van der Waals surface area contributed by atoms with Gasteiger partial charge in [0.25, 0.3) is 0 Å². The SMILES string of the molecule is COC(=O)C(NC(=O)[C@H](Cc1cc(F)cc(F)c1)NC(=O)OCCc1ccccc1)[C@H](C)OC(=O)C1CCCN1C(C)=O.